The molecule has 2 heterocycles. The van der Waals surface area contributed by atoms with Crippen LogP contribution in [0.15, 0.2) is 60.8 Å². The minimum Gasteiger partial charge on any atom is -0.478 e. The Labute approximate surface area is 241 Å². The minimum absolute atomic E-state index is 0.0955. The highest BCUT2D eigenvalue weighted by Gasteiger charge is 2.23. The summed E-state index contributed by atoms with van der Waals surface area (Å²) in [6, 6.07) is 12.7. The van der Waals surface area contributed by atoms with Crippen LogP contribution in [0.2, 0.25) is 0 Å². The lowest BCUT2D eigenvalue weighted by atomic mass is 9.92. The Morgan fingerprint density at radius 1 is 1.00 bits per heavy atom. The van der Waals surface area contributed by atoms with Crippen molar-refractivity contribution in [1.29, 1.82) is 0 Å². The smallest absolute Gasteiger partial charge is 0.335 e. The van der Waals surface area contributed by atoms with Gasteiger partial charge in [0.25, 0.3) is 5.91 Å². The molecule has 12 heteroatoms. The van der Waals surface area contributed by atoms with E-state index in [1.165, 1.54) is 48.3 Å². The molecule has 0 unspecified atom stereocenters. The van der Waals surface area contributed by atoms with Crippen molar-refractivity contribution in [3.63, 3.8) is 0 Å². The molecule has 218 valence electrons. The van der Waals surface area contributed by atoms with Crippen molar-refractivity contribution in [1.82, 2.24) is 20.1 Å². The number of aromatic nitrogens is 3. The van der Waals surface area contributed by atoms with Gasteiger partial charge in [0.15, 0.2) is 0 Å². The van der Waals surface area contributed by atoms with Crippen molar-refractivity contribution in [3.05, 3.63) is 89.1 Å². The van der Waals surface area contributed by atoms with Gasteiger partial charge in [-0.15, -0.1) is 0 Å². The van der Waals surface area contributed by atoms with E-state index < -0.39 is 23.7 Å². The Morgan fingerprint density at radius 3 is 2.38 bits per heavy atom. The fraction of sp³-hybridized carbons (Fsp3) is 0.233. The van der Waals surface area contributed by atoms with Crippen molar-refractivity contribution < 1.29 is 28.6 Å². The number of aromatic carboxylic acids is 1. The predicted molar refractivity (Wildman–Crippen MR) is 155 cm³/mol. The monoisotopic (exact) mass is 574 g/mol. The van der Waals surface area contributed by atoms with Crippen LogP contribution in [0.25, 0.3) is 5.69 Å². The van der Waals surface area contributed by atoms with E-state index in [4.69, 9.17) is 4.74 Å². The van der Waals surface area contributed by atoms with Gasteiger partial charge in [0.1, 0.15) is 28.8 Å². The van der Waals surface area contributed by atoms with E-state index in [1.807, 2.05) is 27.7 Å². The van der Waals surface area contributed by atoms with E-state index in [0.29, 0.717) is 29.2 Å². The predicted octanol–water partition coefficient (Wildman–Crippen LogP) is 5.76. The van der Waals surface area contributed by atoms with Crippen LogP contribution in [0.5, 0.6) is 11.5 Å². The average Bonchev–Trinajstić information content (AvgIpc) is 3.38. The lowest BCUT2D eigenvalue weighted by Gasteiger charge is -2.14. The number of ether oxygens (including phenoxy) is 1. The summed E-state index contributed by atoms with van der Waals surface area (Å²) < 4.78 is 22.1. The topological polar surface area (TPSA) is 147 Å². The zero-order valence-electron chi connectivity index (χ0n) is 23.8. The van der Waals surface area contributed by atoms with Gasteiger partial charge >= 0.3 is 12.0 Å². The summed E-state index contributed by atoms with van der Waals surface area (Å²) in [5.74, 6) is -1.42. The Kier molecular flexibility index (Phi) is 8.55. The normalized spacial score (nSPS) is 11.1. The highest BCUT2D eigenvalue weighted by molar-refractivity contribution is 5.99. The number of carboxylic acid groups (broad SMARTS) is 1. The molecule has 0 aliphatic rings. The largest absolute Gasteiger partial charge is 0.478 e. The molecule has 0 atom stereocenters. The van der Waals surface area contributed by atoms with Gasteiger partial charge in [-0.1, -0.05) is 27.7 Å². The zero-order valence-corrected chi connectivity index (χ0v) is 23.8. The molecule has 0 aliphatic heterocycles. The summed E-state index contributed by atoms with van der Waals surface area (Å²) in [7, 11) is 1.48. The fourth-order valence-corrected chi connectivity index (χ4v) is 4.04. The number of carbonyl (C=O) groups is 3. The molecular formula is C30H31FN6O5. The molecule has 0 fully saturated rings. The standard InChI is InChI=1S/C30H31FN6O5/c1-6-17-13-18(7-9-21(17)28(39)40)37-26(16-25(36-37)30(2,3)4)35-29(41)34-23-10-8-19(14-22(23)31)42-20-11-12-33-24(15-20)27(38)32-5/h7-16H,6H2,1-5H3,(H,32,38)(H,39,40)(H2,34,35,41). The molecule has 4 N–H and O–H groups in total. The molecule has 0 radical (unpaired) electrons. The number of amides is 3. The number of nitrogens with zero attached hydrogens (tertiary/aromatic N) is 3. The number of hydrogen-bond donors (Lipinski definition) is 4. The lowest BCUT2D eigenvalue weighted by Crippen LogP contribution is -2.22. The summed E-state index contributed by atoms with van der Waals surface area (Å²) in [5, 5.41) is 21.8. The number of halogens is 1. The van der Waals surface area contributed by atoms with Gasteiger partial charge in [-0.05, 0) is 48.4 Å². The second-order valence-corrected chi connectivity index (χ2v) is 10.4. The van der Waals surface area contributed by atoms with Crippen molar-refractivity contribution in [2.75, 3.05) is 17.7 Å². The van der Waals surface area contributed by atoms with Crippen LogP contribution >= 0.6 is 0 Å². The van der Waals surface area contributed by atoms with Crippen LogP contribution < -0.4 is 20.7 Å². The van der Waals surface area contributed by atoms with Crippen molar-refractivity contribution in [2.24, 2.45) is 0 Å². The zero-order chi connectivity index (χ0) is 30.6. The van der Waals surface area contributed by atoms with Gasteiger partial charge in [0.2, 0.25) is 0 Å². The number of urea groups is 1. The number of pyridine rings is 1. The number of benzene rings is 2. The second kappa shape index (κ2) is 12.1. The quantitative estimate of drug-likeness (QED) is 0.209. The van der Waals surface area contributed by atoms with E-state index in [1.54, 1.807) is 18.2 Å². The maximum absolute atomic E-state index is 14.9. The van der Waals surface area contributed by atoms with Gasteiger partial charge < -0.3 is 20.5 Å². The number of rotatable bonds is 8. The number of anilines is 2. The maximum Gasteiger partial charge on any atom is 0.335 e. The molecule has 0 bridgehead atoms. The van der Waals surface area contributed by atoms with Crippen LogP contribution in [-0.4, -0.2) is 44.8 Å². The Balaban J connectivity index is 1.55. The number of hydrogen-bond acceptors (Lipinski definition) is 6. The van der Waals surface area contributed by atoms with Crippen LogP contribution in [0.3, 0.4) is 0 Å². The summed E-state index contributed by atoms with van der Waals surface area (Å²) in [4.78, 5) is 40.3. The molecule has 3 amide bonds. The molecule has 0 saturated carbocycles. The molecule has 2 aromatic carbocycles. The Bertz CT molecular complexity index is 1660. The number of aryl methyl sites for hydroxylation is 1. The van der Waals surface area contributed by atoms with Crippen molar-refractivity contribution in [2.45, 2.75) is 39.5 Å². The molecule has 0 spiro atoms. The molecule has 0 saturated heterocycles. The van der Waals surface area contributed by atoms with Gasteiger partial charge in [0.05, 0.1) is 22.6 Å². The first kappa shape index (κ1) is 29.7. The molecule has 2 aromatic heterocycles. The van der Waals surface area contributed by atoms with Gasteiger partial charge in [-0.2, -0.15) is 5.10 Å². The average molecular weight is 575 g/mol. The summed E-state index contributed by atoms with van der Waals surface area (Å²) >= 11 is 0. The third-order valence-corrected chi connectivity index (χ3v) is 6.28. The third kappa shape index (κ3) is 6.72. The first-order valence-electron chi connectivity index (χ1n) is 13.1. The summed E-state index contributed by atoms with van der Waals surface area (Å²) in [6.45, 7) is 7.77. The molecule has 42 heavy (non-hydrogen) atoms. The highest BCUT2D eigenvalue weighted by atomic mass is 19.1. The molecule has 11 nitrogen and oxygen atoms in total. The van der Waals surface area contributed by atoms with E-state index in [0.717, 1.165) is 6.07 Å². The SMILES string of the molecule is CCc1cc(-n2nc(C(C)(C)C)cc2NC(=O)Nc2ccc(Oc3ccnc(C(=O)NC)c3)cc2F)ccc1C(=O)O. The van der Waals surface area contributed by atoms with Gasteiger partial charge in [0, 0.05) is 36.9 Å². The van der Waals surface area contributed by atoms with E-state index in [2.05, 4.69) is 26.0 Å². The van der Waals surface area contributed by atoms with Gasteiger partial charge in [-0.25, -0.2) is 18.7 Å². The van der Waals surface area contributed by atoms with Gasteiger partial charge in [-0.3, -0.25) is 15.1 Å². The fourth-order valence-electron chi connectivity index (χ4n) is 4.04. The number of carboxylic acids is 1. The third-order valence-electron chi connectivity index (χ3n) is 6.28. The molecule has 0 aliphatic carbocycles. The second-order valence-electron chi connectivity index (χ2n) is 10.4. The summed E-state index contributed by atoms with van der Waals surface area (Å²) in [6.07, 6.45) is 1.89. The van der Waals surface area contributed by atoms with Crippen LogP contribution in [0.4, 0.5) is 20.7 Å². The van der Waals surface area contributed by atoms with Crippen LogP contribution in [-0.2, 0) is 11.8 Å². The minimum atomic E-state index is -1.03. The van der Waals surface area contributed by atoms with Crippen LogP contribution in [0, 0.1) is 5.82 Å². The number of nitrogens with one attached hydrogen (secondary N) is 3. The first-order chi connectivity index (χ1) is 19.9. The Hall–Kier alpha value is -5.26. The van der Waals surface area contributed by atoms with E-state index >= 15 is 0 Å². The highest BCUT2D eigenvalue weighted by Crippen LogP contribution is 2.29. The lowest BCUT2D eigenvalue weighted by molar-refractivity contribution is 0.0695. The maximum atomic E-state index is 14.9. The first-order valence-corrected chi connectivity index (χ1v) is 13.1. The molecular weight excluding hydrogens is 543 g/mol. The molecule has 4 aromatic rings. The van der Waals surface area contributed by atoms with E-state index in [-0.39, 0.29) is 33.9 Å². The van der Waals surface area contributed by atoms with E-state index in [9.17, 15) is 23.9 Å². The van der Waals surface area contributed by atoms with Crippen LogP contribution in [0.1, 0.15) is 59.8 Å². The van der Waals surface area contributed by atoms with Crippen molar-refractivity contribution >= 4 is 29.4 Å². The number of carbonyl (C=O) groups excluding carboxylic acids is 2. The summed E-state index contributed by atoms with van der Waals surface area (Å²) in [5.41, 5.74) is 1.74. The molecule has 4 rings (SSSR count). The Morgan fingerprint density at radius 2 is 1.74 bits per heavy atom. The van der Waals surface area contributed by atoms with Crippen molar-refractivity contribution in [3.8, 4) is 17.2 Å².